The zero-order chi connectivity index (χ0) is 22.2. The van der Waals surface area contributed by atoms with Crippen LogP contribution in [0, 0.1) is 0 Å². The van der Waals surface area contributed by atoms with Crippen LogP contribution in [0.25, 0.3) is 0 Å². The van der Waals surface area contributed by atoms with E-state index in [0.717, 1.165) is 31.4 Å². The van der Waals surface area contributed by atoms with Crippen molar-refractivity contribution in [3.05, 3.63) is 63.8 Å². The highest BCUT2D eigenvalue weighted by Gasteiger charge is 2.22. The molecule has 0 saturated heterocycles. The van der Waals surface area contributed by atoms with Crippen molar-refractivity contribution in [3.8, 4) is 0 Å². The van der Waals surface area contributed by atoms with Gasteiger partial charge in [0.1, 0.15) is 11.1 Å². The number of hydrogen-bond donors (Lipinski definition) is 2. The highest BCUT2D eigenvalue weighted by Crippen LogP contribution is 2.17. The summed E-state index contributed by atoms with van der Waals surface area (Å²) in [6.45, 7) is 4.25. The van der Waals surface area contributed by atoms with Crippen molar-refractivity contribution in [3.63, 3.8) is 0 Å². The molecule has 2 aromatic heterocycles. The van der Waals surface area contributed by atoms with Crippen molar-refractivity contribution in [1.82, 2.24) is 20.2 Å². The second kappa shape index (κ2) is 10.9. The van der Waals surface area contributed by atoms with Gasteiger partial charge in [-0.15, -0.1) is 0 Å². The van der Waals surface area contributed by atoms with Gasteiger partial charge in [-0.1, -0.05) is 31.7 Å². The summed E-state index contributed by atoms with van der Waals surface area (Å²) in [5.41, 5.74) is 0.343. The minimum atomic E-state index is -0.529. The lowest BCUT2D eigenvalue weighted by Crippen LogP contribution is -2.39. The van der Waals surface area contributed by atoms with Gasteiger partial charge in [-0.3, -0.25) is 19.4 Å². The molecule has 0 bridgehead atoms. The number of carbonyl (C=O) groups excluding carboxylic acids is 2. The first kappa shape index (κ1) is 22.7. The molecule has 0 spiro atoms. The summed E-state index contributed by atoms with van der Waals surface area (Å²) in [5.74, 6) is -0.867. The number of aromatic nitrogens is 2. The minimum Gasteiger partial charge on any atom is -0.351 e. The van der Waals surface area contributed by atoms with Crippen molar-refractivity contribution in [2.24, 2.45) is 0 Å². The van der Waals surface area contributed by atoms with Gasteiger partial charge in [0.25, 0.3) is 11.8 Å². The van der Waals surface area contributed by atoms with Crippen molar-refractivity contribution in [1.29, 1.82) is 0 Å². The molecule has 7 heteroatoms. The SMILES string of the molecule is CC(C)n1cc(C(=O)NCCc2ccccn2)c(=O)c(C(=O)NC2CCCCCC2)c1. The molecule has 1 fully saturated rings. The second-order valence-electron chi connectivity index (χ2n) is 8.44. The van der Waals surface area contributed by atoms with Crippen LogP contribution in [0.15, 0.2) is 41.6 Å². The van der Waals surface area contributed by atoms with Crippen molar-refractivity contribution in [2.75, 3.05) is 6.54 Å². The van der Waals surface area contributed by atoms with Crippen LogP contribution in [-0.4, -0.2) is 34.0 Å². The van der Waals surface area contributed by atoms with E-state index in [4.69, 9.17) is 0 Å². The van der Waals surface area contributed by atoms with Gasteiger partial charge in [-0.05, 0) is 38.8 Å². The predicted molar refractivity (Wildman–Crippen MR) is 120 cm³/mol. The molecule has 1 aliphatic rings. The van der Waals surface area contributed by atoms with Crippen LogP contribution in [0.5, 0.6) is 0 Å². The summed E-state index contributed by atoms with van der Waals surface area (Å²) in [6, 6.07) is 5.70. The van der Waals surface area contributed by atoms with Crippen LogP contribution in [0.3, 0.4) is 0 Å². The van der Waals surface area contributed by atoms with E-state index in [1.165, 1.54) is 19.0 Å². The maximum absolute atomic E-state index is 13.0. The summed E-state index contributed by atoms with van der Waals surface area (Å²) in [5, 5.41) is 5.81. The number of rotatable bonds is 7. The Kier molecular flexibility index (Phi) is 7.98. The van der Waals surface area contributed by atoms with Gasteiger partial charge < -0.3 is 15.2 Å². The molecule has 3 rings (SSSR count). The highest BCUT2D eigenvalue weighted by molar-refractivity contribution is 5.99. The molecule has 0 aliphatic heterocycles. The van der Waals surface area contributed by atoms with Crippen molar-refractivity contribution >= 4 is 11.8 Å². The first-order valence-corrected chi connectivity index (χ1v) is 11.2. The normalized spacial score (nSPS) is 14.8. The second-order valence-corrected chi connectivity index (χ2v) is 8.44. The maximum Gasteiger partial charge on any atom is 0.256 e. The Morgan fingerprint density at radius 3 is 2.35 bits per heavy atom. The molecule has 1 aliphatic carbocycles. The molecular weight excluding hydrogens is 392 g/mol. The smallest absolute Gasteiger partial charge is 0.256 e. The van der Waals surface area contributed by atoms with Gasteiger partial charge >= 0.3 is 0 Å². The fraction of sp³-hybridized carbons (Fsp3) is 0.500. The fourth-order valence-corrected chi connectivity index (χ4v) is 3.85. The molecule has 2 amide bonds. The molecule has 2 aromatic rings. The Hall–Kier alpha value is -2.96. The third-order valence-electron chi connectivity index (χ3n) is 5.71. The molecule has 0 atom stereocenters. The Morgan fingerprint density at radius 2 is 1.74 bits per heavy atom. The Labute approximate surface area is 183 Å². The first-order valence-electron chi connectivity index (χ1n) is 11.2. The molecule has 0 radical (unpaired) electrons. The molecule has 2 heterocycles. The Morgan fingerprint density at radius 1 is 1.06 bits per heavy atom. The molecule has 1 saturated carbocycles. The number of nitrogens with one attached hydrogen (secondary N) is 2. The summed E-state index contributed by atoms with van der Waals surface area (Å²) in [6.07, 6.45) is 11.7. The first-order chi connectivity index (χ1) is 15.0. The molecule has 31 heavy (non-hydrogen) atoms. The van der Waals surface area contributed by atoms with Crippen LogP contribution in [0.1, 0.15) is 84.8 Å². The summed E-state index contributed by atoms with van der Waals surface area (Å²) < 4.78 is 1.75. The molecule has 166 valence electrons. The number of nitrogens with zero attached hydrogens (tertiary/aromatic N) is 2. The third kappa shape index (κ3) is 6.26. The van der Waals surface area contributed by atoms with Crippen LogP contribution in [-0.2, 0) is 6.42 Å². The summed E-state index contributed by atoms with van der Waals surface area (Å²) in [4.78, 5) is 42.9. The number of hydrogen-bond acceptors (Lipinski definition) is 4. The van der Waals surface area contributed by atoms with Crippen LogP contribution >= 0.6 is 0 Å². The number of carbonyl (C=O) groups is 2. The van der Waals surface area contributed by atoms with Crippen LogP contribution in [0.4, 0.5) is 0 Å². The minimum absolute atomic E-state index is 0.00472. The Balaban J connectivity index is 1.76. The fourth-order valence-electron chi connectivity index (χ4n) is 3.85. The van der Waals surface area contributed by atoms with Gasteiger partial charge in [0.2, 0.25) is 5.43 Å². The third-order valence-corrected chi connectivity index (χ3v) is 5.71. The van der Waals surface area contributed by atoms with Gasteiger partial charge in [-0.25, -0.2) is 0 Å². The van der Waals surface area contributed by atoms with E-state index < -0.39 is 17.2 Å². The number of pyridine rings is 2. The topological polar surface area (TPSA) is 93.1 Å². The standard InChI is InChI=1S/C24H32N4O3/c1-17(2)28-15-20(23(30)26-14-12-18-9-7-8-13-25-18)22(29)21(16-28)24(31)27-19-10-5-3-4-6-11-19/h7-9,13,15-17,19H,3-6,10-12,14H2,1-2H3,(H,26,30)(H,27,31). The van der Waals surface area contributed by atoms with Crippen molar-refractivity contribution < 1.29 is 9.59 Å². The van der Waals surface area contributed by atoms with E-state index in [2.05, 4.69) is 15.6 Å². The summed E-state index contributed by atoms with van der Waals surface area (Å²) >= 11 is 0. The average molecular weight is 425 g/mol. The molecule has 0 aromatic carbocycles. The largest absolute Gasteiger partial charge is 0.351 e. The Bertz CT molecular complexity index is 945. The summed E-state index contributed by atoms with van der Waals surface area (Å²) in [7, 11) is 0. The maximum atomic E-state index is 13.0. The van der Waals surface area contributed by atoms with Crippen molar-refractivity contribution in [2.45, 2.75) is 70.9 Å². The van der Waals surface area contributed by atoms with Gasteiger partial charge in [-0.2, -0.15) is 0 Å². The lowest BCUT2D eigenvalue weighted by Gasteiger charge is -2.18. The van der Waals surface area contributed by atoms with E-state index >= 15 is 0 Å². The molecular formula is C24H32N4O3. The zero-order valence-electron chi connectivity index (χ0n) is 18.4. The van der Waals surface area contributed by atoms with Gasteiger partial charge in [0.05, 0.1) is 0 Å². The highest BCUT2D eigenvalue weighted by atomic mass is 16.2. The lowest BCUT2D eigenvalue weighted by molar-refractivity contribution is 0.0931. The van der Waals surface area contributed by atoms with Gasteiger partial charge in [0.15, 0.2) is 0 Å². The predicted octanol–water partition coefficient (Wildman–Crippen LogP) is 3.25. The van der Waals surface area contributed by atoms with Crippen LogP contribution in [0.2, 0.25) is 0 Å². The molecule has 7 nitrogen and oxygen atoms in total. The van der Waals surface area contributed by atoms with E-state index in [-0.39, 0.29) is 23.2 Å². The van der Waals surface area contributed by atoms with E-state index in [9.17, 15) is 14.4 Å². The number of amides is 2. The quantitative estimate of drug-likeness (QED) is 0.667. The molecule has 0 unspecified atom stereocenters. The lowest BCUT2D eigenvalue weighted by atomic mass is 10.1. The van der Waals surface area contributed by atoms with E-state index in [1.54, 1.807) is 17.0 Å². The monoisotopic (exact) mass is 424 g/mol. The molecule has 2 N–H and O–H groups in total. The van der Waals surface area contributed by atoms with Gasteiger partial charge in [0, 0.05) is 49.3 Å². The van der Waals surface area contributed by atoms with E-state index in [1.807, 2.05) is 32.0 Å². The van der Waals surface area contributed by atoms with E-state index in [0.29, 0.717) is 13.0 Å². The van der Waals surface area contributed by atoms with Crippen LogP contribution < -0.4 is 16.1 Å². The zero-order valence-corrected chi connectivity index (χ0v) is 18.4. The average Bonchev–Trinajstić information content (AvgIpc) is 3.03.